The molecule has 1 aromatic carbocycles. The van der Waals surface area contributed by atoms with Crippen LogP contribution in [0.3, 0.4) is 0 Å². The van der Waals surface area contributed by atoms with Crippen LogP contribution in [0.2, 0.25) is 0 Å². The number of amides is 1. The van der Waals surface area contributed by atoms with Gasteiger partial charge in [0, 0.05) is 6.42 Å². The summed E-state index contributed by atoms with van der Waals surface area (Å²) >= 11 is 0. The lowest BCUT2D eigenvalue weighted by Crippen LogP contribution is -2.24. The monoisotopic (exact) mass is 279 g/mol. The second kappa shape index (κ2) is 6.93. The van der Waals surface area contributed by atoms with Gasteiger partial charge in [0.05, 0.1) is 19.2 Å². The quantitative estimate of drug-likeness (QED) is 0.842. The standard InChI is InChI=1S/C15H21NO4/c1-15(2,3)20-14(18)10-9-13(17)16-11-7-5-6-8-12(11)19-4/h5-8H,9-10H2,1-4H3,(H,16,17). The molecule has 0 aromatic heterocycles. The average Bonchev–Trinajstić information content (AvgIpc) is 2.35. The summed E-state index contributed by atoms with van der Waals surface area (Å²) < 4.78 is 10.3. The van der Waals surface area contributed by atoms with E-state index in [4.69, 9.17) is 9.47 Å². The minimum Gasteiger partial charge on any atom is -0.495 e. The molecule has 0 saturated carbocycles. The molecule has 0 fully saturated rings. The summed E-state index contributed by atoms with van der Waals surface area (Å²) in [5.41, 5.74) is 0.0557. The zero-order valence-corrected chi connectivity index (χ0v) is 12.4. The third-order valence-corrected chi connectivity index (χ3v) is 2.36. The summed E-state index contributed by atoms with van der Waals surface area (Å²) in [6, 6.07) is 7.11. The van der Waals surface area contributed by atoms with Crippen LogP contribution in [0.1, 0.15) is 33.6 Å². The van der Waals surface area contributed by atoms with Crippen molar-refractivity contribution in [3.05, 3.63) is 24.3 Å². The molecule has 110 valence electrons. The fourth-order valence-corrected chi connectivity index (χ4v) is 1.57. The lowest BCUT2D eigenvalue weighted by atomic mass is 10.2. The van der Waals surface area contributed by atoms with Crippen LogP contribution in [0.5, 0.6) is 5.75 Å². The summed E-state index contributed by atoms with van der Waals surface area (Å²) in [5, 5.41) is 2.71. The minimum atomic E-state index is -0.532. The van der Waals surface area contributed by atoms with Gasteiger partial charge in [-0.1, -0.05) is 12.1 Å². The van der Waals surface area contributed by atoms with Gasteiger partial charge in [0.2, 0.25) is 5.91 Å². The van der Waals surface area contributed by atoms with E-state index < -0.39 is 5.60 Å². The van der Waals surface area contributed by atoms with E-state index >= 15 is 0 Å². The summed E-state index contributed by atoms with van der Waals surface area (Å²) in [4.78, 5) is 23.3. The molecule has 0 aliphatic carbocycles. The highest BCUT2D eigenvalue weighted by Crippen LogP contribution is 2.23. The van der Waals surface area contributed by atoms with Crippen molar-refractivity contribution in [3.8, 4) is 5.75 Å². The predicted octanol–water partition coefficient (Wildman–Crippen LogP) is 2.76. The summed E-state index contributed by atoms with van der Waals surface area (Å²) in [6.45, 7) is 5.37. The Kier molecular flexibility index (Phi) is 5.55. The number of methoxy groups -OCH3 is 1. The number of benzene rings is 1. The molecule has 0 spiro atoms. The van der Waals surface area contributed by atoms with E-state index in [2.05, 4.69) is 5.32 Å². The Morgan fingerprint density at radius 3 is 2.40 bits per heavy atom. The minimum absolute atomic E-state index is 0.0538. The number of anilines is 1. The molecule has 0 aliphatic rings. The molecule has 0 unspecified atom stereocenters. The molecular formula is C15H21NO4. The van der Waals surface area contributed by atoms with Crippen LogP contribution in [-0.4, -0.2) is 24.6 Å². The molecule has 1 aromatic rings. The Morgan fingerprint density at radius 2 is 1.80 bits per heavy atom. The van der Waals surface area contributed by atoms with E-state index in [9.17, 15) is 9.59 Å². The highest BCUT2D eigenvalue weighted by atomic mass is 16.6. The fourth-order valence-electron chi connectivity index (χ4n) is 1.57. The van der Waals surface area contributed by atoms with Crippen molar-refractivity contribution in [2.24, 2.45) is 0 Å². The highest BCUT2D eigenvalue weighted by molar-refractivity contribution is 5.93. The maximum atomic E-state index is 11.8. The van der Waals surface area contributed by atoms with Gasteiger partial charge in [-0.3, -0.25) is 9.59 Å². The second-order valence-corrected chi connectivity index (χ2v) is 5.33. The Balaban J connectivity index is 2.46. The Hall–Kier alpha value is -2.04. The van der Waals surface area contributed by atoms with Gasteiger partial charge in [-0.15, -0.1) is 0 Å². The summed E-state index contributed by atoms with van der Waals surface area (Å²) in [5.74, 6) is -0.0499. The maximum Gasteiger partial charge on any atom is 0.306 e. The fraction of sp³-hybridized carbons (Fsp3) is 0.467. The van der Waals surface area contributed by atoms with Gasteiger partial charge in [0.15, 0.2) is 0 Å². The van der Waals surface area contributed by atoms with Crippen LogP contribution < -0.4 is 10.1 Å². The van der Waals surface area contributed by atoms with Crippen LogP contribution in [0.15, 0.2) is 24.3 Å². The first-order valence-electron chi connectivity index (χ1n) is 6.46. The van der Waals surface area contributed by atoms with Crippen LogP contribution in [-0.2, 0) is 14.3 Å². The molecule has 5 nitrogen and oxygen atoms in total. The van der Waals surface area contributed by atoms with Gasteiger partial charge in [-0.25, -0.2) is 0 Å². The molecule has 0 aliphatic heterocycles. The number of ether oxygens (including phenoxy) is 2. The zero-order valence-electron chi connectivity index (χ0n) is 12.4. The smallest absolute Gasteiger partial charge is 0.306 e. The molecule has 1 rings (SSSR count). The molecule has 0 saturated heterocycles. The van der Waals surface area contributed by atoms with Gasteiger partial charge in [0.1, 0.15) is 11.4 Å². The Labute approximate surface area is 119 Å². The molecule has 5 heteroatoms. The number of nitrogens with one attached hydrogen (secondary N) is 1. The highest BCUT2D eigenvalue weighted by Gasteiger charge is 2.17. The van der Waals surface area contributed by atoms with Crippen molar-refractivity contribution in [1.82, 2.24) is 0 Å². The van der Waals surface area contributed by atoms with Crippen molar-refractivity contribution in [2.45, 2.75) is 39.2 Å². The van der Waals surface area contributed by atoms with Crippen LogP contribution in [0, 0.1) is 0 Å². The summed E-state index contributed by atoms with van der Waals surface area (Å²) in [6.07, 6.45) is 0.130. The van der Waals surface area contributed by atoms with E-state index in [1.54, 1.807) is 39.0 Å². The van der Waals surface area contributed by atoms with Crippen molar-refractivity contribution in [2.75, 3.05) is 12.4 Å². The van der Waals surface area contributed by atoms with Crippen molar-refractivity contribution < 1.29 is 19.1 Å². The molecule has 0 atom stereocenters. The SMILES string of the molecule is COc1ccccc1NC(=O)CCC(=O)OC(C)(C)C. The molecule has 0 heterocycles. The van der Waals surface area contributed by atoms with E-state index in [1.165, 1.54) is 7.11 Å². The number of para-hydroxylation sites is 2. The molecule has 0 bridgehead atoms. The number of carbonyl (C=O) groups excluding carboxylic acids is 2. The van der Waals surface area contributed by atoms with Crippen molar-refractivity contribution in [1.29, 1.82) is 0 Å². The number of hydrogen-bond acceptors (Lipinski definition) is 4. The lowest BCUT2D eigenvalue weighted by molar-refractivity contribution is -0.155. The van der Waals surface area contributed by atoms with Crippen molar-refractivity contribution in [3.63, 3.8) is 0 Å². The topological polar surface area (TPSA) is 64.6 Å². The molecule has 1 N–H and O–H groups in total. The van der Waals surface area contributed by atoms with E-state index in [0.717, 1.165) is 0 Å². The van der Waals surface area contributed by atoms with Gasteiger partial charge < -0.3 is 14.8 Å². The first-order chi connectivity index (χ1) is 9.31. The zero-order chi connectivity index (χ0) is 15.2. The van der Waals surface area contributed by atoms with E-state index in [-0.39, 0.29) is 24.7 Å². The largest absolute Gasteiger partial charge is 0.495 e. The van der Waals surface area contributed by atoms with Crippen molar-refractivity contribution >= 4 is 17.6 Å². The van der Waals surface area contributed by atoms with Crippen LogP contribution in [0.25, 0.3) is 0 Å². The van der Waals surface area contributed by atoms with Gasteiger partial charge in [-0.2, -0.15) is 0 Å². The predicted molar refractivity (Wildman–Crippen MR) is 76.7 cm³/mol. The van der Waals surface area contributed by atoms with Crippen LogP contribution >= 0.6 is 0 Å². The molecule has 20 heavy (non-hydrogen) atoms. The Bertz CT molecular complexity index is 477. The number of hydrogen-bond donors (Lipinski definition) is 1. The third-order valence-electron chi connectivity index (χ3n) is 2.36. The summed E-state index contributed by atoms with van der Waals surface area (Å²) in [7, 11) is 1.53. The average molecular weight is 279 g/mol. The number of rotatable bonds is 5. The second-order valence-electron chi connectivity index (χ2n) is 5.33. The number of carbonyl (C=O) groups is 2. The molecular weight excluding hydrogens is 258 g/mol. The lowest BCUT2D eigenvalue weighted by Gasteiger charge is -2.19. The van der Waals surface area contributed by atoms with Crippen LogP contribution in [0.4, 0.5) is 5.69 Å². The first kappa shape index (κ1) is 16.0. The van der Waals surface area contributed by atoms with Gasteiger partial charge in [-0.05, 0) is 32.9 Å². The van der Waals surface area contributed by atoms with Gasteiger partial charge >= 0.3 is 5.97 Å². The first-order valence-corrected chi connectivity index (χ1v) is 6.46. The van der Waals surface area contributed by atoms with Gasteiger partial charge in [0.25, 0.3) is 0 Å². The third kappa shape index (κ3) is 5.73. The molecule has 1 amide bonds. The Morgan fingerprint density at radius 1 is 1.15 bits per heavy atom. The van der Waals surface area contributed by atoms with E-state index in [0.29, 0.717) is 11.4 Å². The molecule has 0 radical (unpaired) electrons. The maximum absolute atomic E-state index is 11.8. The normalized spacial score (nSPS) is 10.8. The van der Waals surface area contributed by atoms with E-state index in [1.807, 2.05) is 6.07 Å². The number of esters is 1.